The summed E-state index contributed by atoms with van der Waals surface area (Å²) in [5.74, 6) is 0.600. The number of imidazole rings is 1. The zero-order chi connectivity index (χ0) is 18.1. The maximum absolute atomic E-state index is 6.12. The second kappa shape index (κ2) is 6.72. The molecule has 9 heteroatoms. The highest BCUT2D eigenvalue weighted by Gasteiger charge is 2.14. The number of aromatic nitrogens is 7. The van der Waals surface area contributed by atoms with Gasteiger partial charge in [0.25, 0.3) is 0 Å². The Morgan fingerprint density at radius 2 is 2.12 bits per heavy atom. The van der Waals surface area contributed by atoms with Crippen LogP contribution in [0.5, 0.6) is 0 Å². The molecule has 0 aliphatic carbocycles. The molecule has 0 aliphatic heterocycles. The van der Waals surface area contributed by atoms with Gasteiger partial charge in [0.15, 0.2) is 17.0 Å². The molecule has 4 heterocycles. The van der Waals surface area contributed by atoms with E-state index in [0.717, 1.165) is 11.3 Å². The van der Waals surface area contributed by atoms with Gasteiger partial charge in [0.05, 0.1) is 18.2 Å². The summed E-state index contributed by atoms with van der Waals surface area (Å²) in [6.45, 7) is 4.66. The Bertz CT molecular complexity index is 1040. The van der Waals surface area contributed by atoms with E-state index in [4.69, 9.17) is 11.6 Å². The largest absolute Gasteiger partial charge is 0.364 e. The predicted molar refractivity (Wildman–Crippen MR) is 99.4 cm³/mol. The summed E-state index contributed by atoms with van der Waals surface area (Å²) in [5.41, 5.74) is 3.33. The predicted octanol–water partition coefficient (Wildman–Crippen LogP) is 3.25. The van der Waals surface area contributed by atoms with E-state index in [1.54, 1.807) is 29.6 Å². The molecule has 8 nitrogen and oxygen atoms in total. The van der Waals surface area contributed by atoms with Crippen molar-refractivity contribution in [1.29, 1.82) is 0 Å². The third-order valence-corrected chi connectivity index (χ3v) is 4.20. The van der Waals surface area contributed by atoms with Crippen LogP contribution in [0.1, 0.15) is 25.5 Å². The lowest BCUT2D eigenvalue weighted by Crippen LogP contribution is -2.08. The fourth-order valence-electron chi connectivity index (χ4n) is 2.75. The van der Waals surface area contributed by atoms with Crippen molar-refractivity contribution in [2.45, 2.75) is 26.4 Å². The first-order chi connectivity index (χ1) is 12.6. The number of fused-ring (bicyclic) bond motifs is 1. The van der Waals surface area contributed by atoms with Gasteiger partial charge in [-0.2, -0.15) is 15.1 Å². The molecule has 0 aromatic carbocycles. The minimum absolute atomic E-state index is 0.185. The molecular formula is C17H17ClN8. The molecule has 0 atom stereocenters. The van der Waals surface area contributed by atoms with Gasteiger partial charge in [0.1, 0.15) is 0 Å². The Hall–Kier alpha value is -3.00. The number of hydrogen-bond donors (Lipinski definition) is 1. The summed E-state index contributed by atoms with van der Waals surface area (Å²) in [6, 6.07) is 4.04. The molecule has 26 heavy (non-hydrogen) atoms. The average molecular weight is 369 g/mol. The van der Waals surface area contributed by atoms with Crippen molar-refractivity contribution in [2.24, 2.45) is 0 Å². The molecular weight excluding hydrogens is 352 g/mol. The number of anilines is 1. The maximum Gasteiger partial charge on any atom is 0.226 e. The van der Waals surface area contributed by atoms with Crippen LogP contribution in [-0.2, 0) is 6.54 Å². The van der Waals surface area contributed by atoms with Crippen molar-refractivity contribution >= 4 is 28.6 Å². The Balaban J connectivity index is 1.68. The van der Waals surface area contributed by atoms with Gasteiger partial charge in [0, 0.05) is 36.7 Å². The molecule has 132 valence electrons. The van der Waals surface area contributed by atoms with Crippen LogP contribution in [0.2, 0.25) is 5.28 Å². The van der Waals surface area contributed by atoms with Gasteiger partial charge in [-0.3, -0.25) is 4.98 Å². The highest BCUT2D eigenvalue weighted by Crippen LogP contribution is 2.24. The van der Waals surface area contributed by atoms with E-state index in [2.05, 4.69) is 44.2 Å². The molecule has 1 N–H and O–H groups in total. The number of pyridine rings is 1. The highest BCUT2D eigenvalue weighted by atomic mass is 35.5. The molecule has 0 bridgehead atoms. The molecule has 4 aromatic rings. The number of nitrogens with one attached hydrogen (secondary N) is 1. The second-order valence-corrected chi connectivity index (χ2v) is 6.41. The zero-order valence-electron chi connectivity index (χ0n) is 14.3. The first kappa shape index (κ1) is 16.5. The van der Waals surface area contributed by atoms with E-state index in [1.807, 2.05) is 22.9 Å². The third-order valence-electron chi connectivity index (χ3n) is 4.04. The summed E-state index contributed by atoms with van der Waals surface area (Å²) in [4.78, 5) is 17.3. The number of hydrogen-bond acceptors (Lipinski definition) is 6. The molecule has 0 radical (unpaired) electrons. The summed E-state index contributed by atoms with van der Waals surface area (Å²) in [7, 11) is 0. The average Bonchev–Trinajstić information content (AvgIpc) is 3.29. The normalized spacial score (nSPS) is 11.4. The van der Waals surface area contributed by atoms with E-state index in [0.29, 0.717) is 23.5 Å². The SMILES string of the molecule is CC(C)n1cnc2c(NCc3ccncc3-n3cccn3)nc(Cl)nc21. The lowest BCUT2D eigenvalue weighted by Gasteiger charge is -2.12. The van der Waals surface area contributed by atoms with Gasteiger partial charge < -0.3 is 9.88 Å². The van der Waals surface area contributed by atoms with Crippen LogP contribution in [0.4, 0.5) is 5.82 Å². The smallest absolute Gasteiger partial charge is 0.226 e. The van der Waals surface area contributed by atoms with Gasteiger partial charge in [-0.1, -0.05) is 0 Å². The fraction of sp³-hybridized carbons (Fsp3) is 0.235. The van der Waals surface area contributed by atoms with Crippen molar-refractivity contribution < 1.29 is 0 Å². The molecule has 0 saturated carbocycles. The lowest BCUT2D eigenvalue weighted by molar-refractivity contribution is 0.612. The molecule has 0 amide bonds. The molecule has 0 fully saturated rings. The van der Waals surface area contributed by atoms with Gasteiger partial charge in [-0.25, -0.2) is 9.67 Å². The van der Waals surface area contributed by atoms with Crippen molar-refractivity contribution in [2.75, 3.05) is 5.32 Å². The minimum Gasteiger partial charge on any atom is -0.364 e. The molecule has 0 spiro atoms. The van der Waals surface area contributed by atoms with Crippen LogP contribution in [0.3, 0.4) is 0 Å². The van der Waals surface area contributed by atoms with E-state index >= 15 is 0 Å². The molecule has 4 rings (SSSR count). The summed E-state index contributed by atoms with van der Waals surface area (Å²) in [6.07, 6.45) is 8.90. The van der Waals surface area contributed by atoms with Gasteiger partial charge in [-0.15, -0.1) is 0 Å². The Kier molecular flexibility index (Phi) is 4.26. The quantitative estimate of drug-likeness (QED) is 0.544. The van der Waals surface area contributed by atoms with Crippen LogP contribution < -0.4 is 5.32 Å². The maximum atomic E-state index is 6.12. The molecule has 4 aromatic heterocycles. The third kappa shape index (κ3) is 2.99. The summed E-state index contributed by atoms with van der Waals surface area (Å²) < 4.78 is 3.75. The van der Waals surface area contributed by atoms with Crippen molar-refractivity contribution in [3.05, 3.63) is 54.1 Å². The topological polar surface area (TPSA) is 86.3 Å². The van der Waals surface area contributed by atoms with Crippen molar-refractivity contribution in [3.8, 4) is 5.69 Å². The lowest BCUT2D eigenvalue weighted by atomic mass is 10.2. The minimum atomic E-state index is 0.185. The second-order valence-electron chi connectivity index (χ2n) is 6.07. The molecule has 0 saturated heterocycles. The summed E-state index contributed by atoms with van der Waals surface area (Å²) in [5, 5.41) is 7.78. The van der Waals surface area contributed by atoms with E-state index in [9.17, 15) is 0 Å². The monoisotopic (exact) mass is 368 g/mol. The Morgan fingerprint density at radius 1 is 1.23 bits per heavy atom. The number of halogens is 1. The molecule has 0 unspecified atom stereocenters. The Labute approximate surface area is 154 Å². The van der Waals surface area contributed by atoms with Crippen molar-refractivity contribution in [3.63, 3.8) is 0 Å². The van der Waals surface area contributed by atoms with Crippen LogP contribution >= 0.6 is 11.6 Å². The number of nitrogens with zero attached hydrogens (tertiary/aromatic N) is 7. The Morgan fingerprint density at radius 3 is 2.88 bits per heavy atom. The van der Waals surface area contributed by atoms with Crippen LogP contribution in [0.25, 0.3) is 16.9 Å². The fourth-order valence-corrected chi connectivity index (χ4v) is 2.92. The van der Waals surface area contributed by atoms with E-state index in [1.165, 1.54) is 0 Å². The highest BCUT2D eigenvalue weighted by molar-refractivity contribution is 6.28. The van der Waals surface area contributed by atoms with Crippen LogP contribution in [0.15, 0.2) is 43.2 Å². The first-order valence-electron chi connectivity index (χ1n) is 8.20. The summed E-state index contributed by atoms with van der Waals surface area (Å²) >= 11 is 6.12. The van der Waals surface area contributed by atoms with Gasteiger partial charge in [0.2, 0.25) is 5.28 Å². The van der Waals surface area contributed by atoms with Crippen LogP contribution in [0, 0.1) is 0 Å². The van der Waals surface area contributed by atoms with Gasteiger partial charge in [-0.05, 0) is 37.6 Å². The number of rotatable bonds is 5. The van der Waals surface area contributed by atoms with Crippen LogP contribution in [-0.4, -0.2) is 34.3 Å². The molecule has 0 aliphatic rings. The zero-order valence-corrected chi connectivity index (χ0v) is 15.1. The van der Waals surface area contributed by atoms with Crippen molar-refractivity contribution in [1.82, 2.24) is 34.3 Å². The van der Waals surface area contributed by atoms with E-state index in [-0.39, 0.29) is 11.3 Å². The standard InChI is InChI=1S/C17H17ClN8/c1-11(2)25-10-21-14-15(23-17(18)24-16(14)25)20-8-12-4-6-19-9-13(12)26-7-3-5-22-26/h3-7,9-11H,8H2,1-2H3,(H,20,23,24). The first-order valence-corrected chi connectivity index (χ1v) is 8.58. The van der Waals surface area contributed by atoms with Gasteiger partial charge >= 0.3 is 0 Å². The van der Waals surface area contributed by atoms with E-state index < -0.39 is 0 Å².